The van der Waals surface area contributed by atoms with Gasteiger partial charge in [-0.25, -0.2) is 4.98 Å². The van der Waals surface area contributed by atoms with Gasteiger partial charge in [-0.3, -0.25) is 4.90 Å². The fourth-order valence-electron chi connectivity index (χ4n) is 2.64. The second-order valence-electron chi connectivity index (χ2n) is 4.40. The number of hydrogen-bond acceptors (Lipinski definition) is 4. The minimum Gasteiger partial charge on any atom is -0.314 e. The van der Waals surface area contributed by atoms with Gasteiger partial charge < -0.3 is 5.32 Å². The Kier molecular flexibility index (Phi) is 2.73. The Hall–Kier alpha value is -0.450. The number of rotatable bonds is 1. The molecule has 1 aliphatic heterocycles. The molecule has 15 heavy (non-hydrogen) atoms. The lowest BCUT2D eigenvalue weighted by Crippen LogP contribution is -2.49. The topological polar surface area (TPSA) is 28.2 Å². The van der Waals surface area contributed by atoms with Crippen LogP contribution in [0.5, 0.6) is 0 Å². The first-order valence-corrected chi connectivity index (χ1v) is 6.67. The van der Waals surface area contributed by atoms with E-state index in [4.69, 9.17) is 0 Å². The van der Waals surface area contributed by atoms with Crippen LogP contribution in [0.3, 0.4) is 0 Å². The minimum atomic E-state index is 0.778. The average molecular weight is 223 g/mol. The van der Waals surface area contributed by atoms with E-state index in [2.05, 4.69) is 15.2 Å². The molecule has 1 aromatic heterocycles. The molecule has 2 aliphatic rings. The summed E-state index contributed by atoms with van der Waals surface area (Å²) in [6, 6.07) is 0.778. The van der Waals surface area contributed by atoms with Crippen LogP contribution in [0.15, 0.2) is 5.51 Å². The van der Waals surface area contributed by atoms with Gasteiger partial charge in [0.1, 0.15) is 0 Å². The molecule has 82 valence electrons. The third-order valence-corrected chi connectivity index (χ3v) is 4.43. The van der Waals surface area contributed by atoms with E-state index >= 15 is 0 Å². The summed E-state index contributed by atoms with van der Waals surface area (Å²) >= 11 is 1.84. The van der Waals surface area contributed by atoms with Gasteiger partial charge in [0.25, 0.3) is 0 Å². The van der Waals surface area contributed by atoms with Gasteiger partial charge in [0, 0.05) is 37.1 Å². The minimum absolute atomic E-state index is 0.778. The van der Waals surface area contributed by atoms with E-state index in [1.165, 1.54) is 42.9 Å². The molecule has 1 unspecified atom stereocenters. The predicted octanol–water partition coefficient (Wildman–Crippen LogP) is 0.906. The molecule has 1 N–H and O–H groups in total. The van der Waals surface area contributed by atoms with Crippen LogP contribution in [-0.4, -0.2) is 42.1 Å². The zero-order valence-corrected chi connectivity index (χ0v) is 9.72. The quantitative estimate of drug-likeness (QED) is 0.767. The highest BCUT2D eigenvalue weighted by Gasteiger charge is 2.26. The van der Waals surface area contributed by atoms with Gasteiger partial charge in [-0.1, -0.05) is 0 Å². The van der Waals surface area contributed by atoms with E-state index in [-0.39, 0.29) is 0 Å². The van der Waals surface area contributed by atoms with Crippen molar-refractivity contribution in [3.8, 4) is 0 Å². The van der Waals surface area contributed by atoms with Crippen LogP contribution < -0.4 is 5.32 Å². The van der Waals surface area contributed by atoms with Crippen molar-refractivity contribution in [2.45, 2.75) is 25.3 Å². The molecule has 1 aliphatic carbocycles. The summed E-state index contributed by atoms with van der Waals surface area (Å²) in [6.07, 6.45) is 3.73. The van der Waals surface area contributed by atoms with E-state index in [0.29, 0.717) is 0 Å². The average Bonchev–Trinajstić information content (AvgIpc) is 2.77. The van der Waals surface area contributed by atoms with E-state index in [1.54, 1.807) is 0 Å². The summed E-state index contributed by atoms with van der Waals surface area (Å²) in [5.74, 6) is 0. The third-order valence-electron chi connectivity index (χ3n) is 3.53. The fraction of sp³-hybridized carbons (Fsp3) is 0.727. The standard InChI is InChI=1S/C11H17N3S/c1-2-10-11(15-8-13-10)7-9(1)14-5-3-12-4-6-14/h8-9,12H,1-7H2. The first-order chi connectivity index (χ1) is 7.43. The second kappa shape index (κ2) is 4.20. The van der Waals surface area contributed by atoms with Crippen molar-refractivity contribution in [1.29, 1.82) is 0 Å². The van der Waals surface area contributed by atoms with Crippen LogP contribution >= 0.6 is 11.3 Å². The van der Waals surface area contributed by atoms with Gasteiger partial charge in [0.2, 0.25) is 0 Å². The zero-order valence-electron chi connectivity index (χ0n) is 8.91. The van der Waals surface area contributed by atoms with E-state index < -0.39 is 0 Å². The number of aryl methyl sites for hydroxylation is 1. The van der Waals surface area contributed by atoms with E-state index in [1.807, 2.05) is 16.8 Å². The first-order valence-electron chi connectivity index (χ1n) is 5.79. The van der Waals surface area contributed by atoms with Crippen molar-refractivity contribution in [2.75, 3.05) is 26.2 Å². The largest absolute Gasteiger partial charge is 0.314 e. The molecule has 0 spiro atoms. The lowest BCUT2D eigenvalue weighted by atomic mass is 9.96. The molecule has 1 saturated heterocycles. The van der Waals surface area contributed by atoms with E-state index in [0.717, 1.165) is 19.1 Å². The highest BCUT2D eigenvalue weighted by Crippen LogP contribution is 2.26. The van der Waals surface area contributed by atoms with Crippen molar-refractivity contribution in [3.63, 3.8) is 0 Å². The second-order valence-corrected chi connectivity index (χ2v) is 5.34. The summed E-state index contributed by atoms with van der Waals surface area (Å²) in [5, 5.41) is 3.42. The zero-order chi connectivity index (χ0) is 10.1. The van der Waals surface area contributed by atoms with Gasteiger partial charge in [0.05, 0.1) is 11.2 Å². The van der Waals surface area contributed by atoms with Crippen molar-refractivity contribution in [3.05, 3.63) is 16.1 Å². The van der Waals surface area contributed by atoms with E-state index in [9.17, 15) is 0 Å². The Morgan fingerprint density at radius 1 is 1.40 bits per heavy atom. The van der Waals surface area contributed by atoms with Crippen LogP contribution in [0.2, 0.25) is 0 Å². The maximum absolute atomic E-state index is 4.42. The fourth-order valence-corrected chi connectivity index (χ4v) is 3.53. The molecule has 2 heterocycles. The van der Waals surface area contributed by atoms with Crippen molar-refractivity contribution < 1.29 is 0 Å². The van der Waals surface area contributed by atoms with Gasteiger partial charge in [0.15, 0.2) is 0 Å². The number of nitrogens with one attached hydrogen (secondary N) is 1. The maximum atomic E-state index is 4.42. The molecule has 0 amide bonds. The summed E-state index contributed by atoms with van der Waals surface area (Å²) in [4.78, 5) is 8.61. The van der Waals surface area contributed by atoms with Gasteiger partial charge >= 0.3 is 0 Å². The lowest BCUT2D eigenvalue weighted by Gasteiger charge is -2.36. The summed E-state index contributed by atoms with van der Waals surface area (Å²) in [5.41, 5.74) is 3.37. The van der Waals surface area contributed by atoms with Crippen molar-refractivity contribution >= 4 is 11.3 Å². The van der Waals surface area contributed by atoms with Crippen LogP contribution in [0, 0.1) is 0 Å². The van der Waals surface area contributed by atoms with Gasteiger partial charge in [-0.2, -0.15) is 0 Å². The number of thiazole rings is 1. The van der Waals surface area contributed by atoms with Crippen LogP contribution in [0.25, 0.3) is 0 Å². The van der Waals surface area contributed by atoms with Gasteiger partial charge in [-0.15, -0.1) is 11.3 Å². The molecule has 1 aromatic rings. The molecule has 4 heteroatoms. The SMILES string of the molecule is c1nc2c(s1)CC(N1CCNCC1)CC2. The number of hydrogen-bond donors (Lipinski definition) is 1. The molecule has 3 rings (SSSR count). The first kappa shape index (κ1) is 9.75. The predicted molar refractivity (Wildman–Crippen MR) is 62.4 cm³/mol. The maximum Gasteiger partial charge on any atom is 0.0797 e. The molecular weight excluding hydrogens is 206 g/mol. The number of nitrogens with zero attached hydrogens (tertiary/aromatic N) is 2. The van der Waals surface area contributed by atoms with Crippen LogP contribution in [-0.2, 0) is 12.8 Å². The number of aromatic nitrogens is 1. The molecule has 0 saturated carbocycles. The summed E-state index contributed by atoms with van der Waals surface area (Å²) in [7, 11) is 0. The molecule has 1 fully saturated rings. The lowest BCUT2D eigenvalue weighted by molar-refractivity contribution is 0.159. The Morgan fingerprint density at radius 3 is 3.13 bits per heavy atom. The molecule has 0 aromatic carbocycles. The Balaban J connectivity index is 1.69. The van der Waals surface area contributed by atoms with Crippen LogP contribution in [0.1, 0.15) is 17.0 Å². The highest BCUT2D eigenvalue weighted by atomic mass is 32.1. The summed E-state index contributed by atoms with van der Waals surface area (Å²) < 4.78 is 0. The Bertz CT molecular complexity index is 330. The smallest absolute Gasteiger partial charge is 0.0797 e. The Labute approximate surface area is 94.5 Å². The van der Waals surface area contributed by atoms with Crippen LogP contribution in [0.4, 0.5) is 0 Å². The molecule has 1 atom stereocenters. The molecule has 3 nitrogen and oxygen atoms in total. The molecule has 0 bridgehead atoms. The molecule has 0 radical (unpaired) electrons. The summed E-state index contributed by atoms with van der Waals surface area (Å²) in [6.45, 7) is 4.76. The molecular formula is C11H17N3S. The number of piperazine rings is 1. The third kappa shape index (κ3) is 1.94. The normalized spacial score (nSPS) is 27.6. The van der Waals surface area contributed by atoms with Crippen molar-refractivity contribution in [2.24, 2.45) is 0 Å². The van der Waals surface area contributed by atoms with Gasteiger partial charge in [-0.05, 0) is 19.3 Å². The number of fused-ring (bicyclic) bond motifs is 1. The Morgan fingerprint density at radius 2 is 2.27 bits per heavy atom. The monoisotopic (exact) mass is 223 g/mol. The highest BCUT2D eigenvalue weighted by molar-refractivity contribution is 7.09. The van der Waals surface area contributed by atoms with Crippen molar-refractivity contribution in [1.82, 2.24) is 15.2 Å².